The lowest BCUT2D eigenvalue weighted by Gasteiger charge is -2.36. The highest BCUT2D eigenvalue weighted by Gasteiger charge is 2.31. The van der Waals surface area contributed by atoms with Gasteiger partial charge in [0.15, 0.2) is 0 Å². The normalized spacial score (nSPS) is 19.8. The first-order valence-electron chi connectivity index (χ1n) is 10.4. The number of nitrogens with zero attached hydrogens (tertiary/aromatic N) is 4. The Hall–Kier alpha value is -2.43. The molecule has 2 saturated heterocycles. The number of nitriles is 1. The van der Waals surface area contributed by atoms with Crippen LogP contribution in [0.2, 0.25) is 0 Å². The topological polar surface area (TPSA) is 76.9 Å². The summed E-state index contributed by atoms with van der Waals surface area (Å²) in [5, 5.41) is 9.00. The van der Waals surface area contributed by atoms with Gasteiger partial charge in [-0.3, -0.25) is 14.5 Å². The highest BCUT2D eigenvalue weighted by atomic mass is 16.5. The number of hydrogen-bond donors (Lipinski definition) is 0. The molecule has 1 unspecified atom stereocenters. The average Bonchev–Trinajstić information content (AvgIpc) is 3.22. The van der Waals surface area contributed by atoms with Crippen molar-refractivity contribution in [1.29, 1.82) is 5.26 Å². The SMILES string of the molecule is Cc1cc(C)cc(N(CCC#N)C(=O)CN2CCN(C(=O)C3CCCO3)CC2)c1. The van der Waals surface area contributed by atoms with Gasteiger partial charge < -0.3 is 14.5 Å². The van der Waals surface area contributed by atoms with Crippen molar-refractivity contribution in [2.75, 3.05) is 50.8 Å². The third-order valence-electron chi connectivity index (χ3n) is 5.51. The van der Waals surface area contributed by atoms with Crippen LogP contribution >= 0.6 is 0 Å². The summed E-state index contributed by atoms with van der Waals surface area (Å²) in [4.78, 5) is 31.2. The molecule has 2 fully saturated rings. The van der Waals surface area contributed by atoms with Crippen molar-refractivity contribution in [3.63, 3.8) is 0 Å². The van der Waals surface area contributed by atoms with Gasteiger partial charge in [0.05, 0.1) is 19.0 Å². The zero-order valence-electron chi connectivity index (χ0n) is 17.4. The van der Waals surface area contributed by atoms with Gasteiger partial charge in [0.25, 0.3) is 5.91 Å². The molecule has 156 valence electrons. The quantitative estimate of drug-likeness (QED) is 0.731. The van der Waals surface area contributed by atoms with E-state index in [1.165, 1.54) is 0 Å². The Kier molecular flexibility index (Phi) is 7.24. The number of benzene rings is 1. The fourth-order valence-corrected chi connectivity index (χ4v) is 4.05. The highest BCUT2D eigenvalue weighted by Crippen LogP contribution is 2.20. The van der Waals surface area contributed by atoms with E-state index in [1.54, 1.807) is 4.90 Å². The zero-order chi connectivity index (χ0) is 20.8. The summed E-state index contributed by atoms with van der Waals surface area (Å²) in [5.41, 5.74) is 3.03. The predicted octanol–water partition coefficient (Wildman–Crippen LogP) is 1.87. The Morgan fingerprint density at radius 1 is 1.17 bits per heavy atom. The molecule has 7 heteroatoms. The molecule has 2 aliphatic rings. The van der Waals surface area contributed by atoms with Crippen LogP contribution in [0.4, 0.5) is 5.69 Å². The number of hydrogen-bond acceptors (Lipinski definition) is 5. The Balaban J connectivity index is 1.58. The van der Waals surface area contributed by atoms with Crippen LogP contribution in [0.3, 0.4) is 0 Å². The molecule has 0 N–H and O–H groups in total. The van der Waals surface area contributed by atoms with E-state index in [4.69, 9.17) is 10.00 Å². The zero-order valence-corrected chi connectivity index (χ0v) is 17.4. The van der Waals surface area contributed by atoms with E-state index < -0.39 is 0 Å². The van der Waals surface area contributed by atoms with Gasteiger partial charge in [0.1, 0.15) is 6.10 Å². The molecular weight excluding hydrogens is 368 g/mol. The molecule has 7 nitrogen and oxygen atoms in total. The molecule has 0 radical (unpaired) electrons. The van der Waals surface area contributed by atoms with Crippen LogP contribution in [0.15, 0.2) is 18.2 Å². The number of amides is 2. The summed E-state index contributed by atoms with van der Waals surface area (Å²) < 4.78 is 5.50. The van der Waals surface area contributed by atoms with Gasteiger partial charge in [-0.05, 0) is 49.9 Å². The number of aryl methyl sites for hydroxylation is 2. The second-order valence-corrected chi connectivity index (χ2v) is 7.90. The number of carbonyl (C=O) groups is 2. The summed E-state index contributed by atoms with van der Waals surface area (Å²) in [6.07, 6.45) is 1.76. The Morgan fingerprint density at radius 3 is 2.45 bits per heavy atom. The second kappa shape index (κ2) is 9.86. The van der Waals surface area contributed by atoms with Crippen molar-refractivity contribution in [2.45, 2.75) is 39.2 Å². The molecule has 1 atom stereocenters. The minimum atomic E-state index is -0.283. The lowest BCUT2D eigenvalue weighted by molar-refractivity contribution is -0.142. The van der Waals surface area contributed by atoms with Crippen molar-refractivity contribution in [3.05, 3.63) is 29.3 Å². The molecule has 2 heterocycles. The van der Waals surface area contributed by atoms with Gasteiger partial charge in [0, 0.05) is 45.0 Å². The van der Waals surface area contributed by atoms with Gasteiger partial charge in [-0.1, -0.05) is 6.07 Å². The lowest BCUT2D eigenvalue weighted by Crippen LogP contribution is -2.53. The number of anilines is 1. The van der Waals surface area contributed by atoms with Gasteiger partial charge in [-0.15, -0.1) is 0 Å². The van der Waals surface area contributed by atoms with Crippen molar-refractivity contribution < 1.29 is 14.3 Å². The summed E-state index contributed by atoms with van der Waals surface area (Å²) in [5.74, 6) is 0.0727. The Morgan fingerprint density at radius 2 is 1.86 bits per heavy atom. The van der Waals surface area contributed by atoms with E-state index in [1.807, 2.05) is 30.9 Å². The van der Waals surface area contributed by atoms with Crippen LogP contribution < -0.4 is 4.90 Å². The Bertz CT molecular complexity index is 755. The van der Waals surface area contributed by atoms with Gasteiger partial charge in [0.2, 0.25) is 5.91 Å². The first-order valence-corrected chi connectivity index (χ1v) is 10.4. The minimum Gasteiger partial charge on any atom is -0.368 e. The van der Waals surface area contributed by atoms with Crippen molar-refractivity contribution in [1.82, 2.24) is 9.80 Å². The maximum absolute atomic E-state index is 13.0. The molecule has 0 bridgehead atoms. The van der Waals surface area contributed by atoms with Gasteiger partial charge in [-0.2, -0.15) is 5.26 Å². The van der Waals surface area contributed by atoms with E-state index in [0.717, 1.165) is 29.7 Å². The predicted molar refractivity (Wildman–Crippen MR) is 110 cm³/mol. The molecule has 1 aromatic rings. The fourth-order valence-electron chi connectivity index (χ4n) is 4.05. The first-order chi connectivity index (χ1) is 14.0. The van der Waals surface area contributed by atoms with Crippen LogP contribution in [0.25, 0.3) is 0 Å². The third kappa shape index (κ3) is 5.55. The molecule has 1 aromatic carbocycles. The second-order valence-electron chi connectivity index (χ2n) is 7.90. The first kappa shape index (κ1) is 21.3. The van der Waals surface area contributed by atoms with E-state index >= 15 is 0 Å². The number of rotatable bonds is 6. The molecule has 0 aromatic heterocycles. The van der Waals surface area contributed by atoms with Gasteiger partial charge in [-0.25, -0.2) is 0 Å². The number of piperazine rings is 1. The molecule has 0 saturated carbocycles. The van der Waals surface area contributed by atoms with Crippen LogP contribution in [0.1, 0.15) is 30.4 Å². The molecule has 0 spiro atoms. The molecule has 29 heavy (non-hydrogen) atoms. The molecule has 3 rings (SSSR count). The highest BCUT2D eigenvalue weighted by molar-refractivity contribution is 5.95. The maximum atomic E-state index is 13.0. The molecule has 2 amide bonds. The minimum absolute atomic E-state index is 0.0100. The molecule has 2 aliphatic heterocycles. The monoisotopic (exact) mass is 398 g/mol. The van der Waals surface area contributed by atoms with E-state index in [9.17, 15) is 9.59 Å². The largest absolute Gasteiger partial charge is 0.368 e. The van der Waals surface area contributed by atoms with Gasteiger partial charge >= 0.3 is 0 Å². The smallest absolute Gasteiger partial charge is 0.251 e. The molecular formula is C22H30N4O3. The van der Waals surface area contributed by atoms with E-state index in [-0.39, 0.29) is 17.9 Å². The summed E-state index contributed by atoms with van der Waals surface area (Å²) in [7, 11) is 0. The van der Waals surface area contributed by atoms with Crippen LogP contribution in [-0.2, 0) is 14.3 Å². The molecule has 0 aliphatic carbocycles. The fraction of sp³-hybridized carbons (Fsp3) is 0.591. The summed E-state index contributed by atoms with van der Waals surface area (Å²) in [6.45, 7) is 7.94. The van der Waals surface area contributed by atoms with Crippen LogP contribution in [-0.4, -0.2) is 73.6 Å². The van der Waals surface area contributed by atoms with Crippen molar-refractivity contribution in [3.8, 4) is 6.07 Å². The van der Waals surface area contributed by atoms with Crippen LogP contribution in [0, 0.1) is 25.2 Å². The number of ether oxygens (including phenoxy) is 1. The van der Waals surface area contributed by atoms with E-state index in [2.05, 4.69) is 17.0 Å². The van der Waals surface area contributed by atoms with Crippen molar-refractivity contribution >= 4 is 17.5 Å². The third-order valence-corrected chi connectivity index (χ3v) is 5.51. The van der Waals surface area contributed by atoms with Crippen molar-refractivity contribution in [2.24, 2.45) is 0 Å². The summed E-state index contributed by atoms with van der Waals surface area (Å²) in [6, 6.07) is 8.18. The average molecular weight is 399 g/mol. The Labute approximate surface area is 172 Å². The maximum Gasteiger partial charge on any atom is 0.251 e. The summed E-state index contributed by atoms with van der Waals surface area (Å²) >= 11 is 0. The number of carbonyl (C=O) groups excluding carboxylic acids is 2. The standard InChI is InChI=1S/C22H30N4O3/c1-17-13-18(2)15-19(14-17)26(7-4-6-23)21(27)16-24-8-10-25(11-9-24)22(28)20-5-3-12-29-20/h13-15,20H,3-5,7-12,16H2,1-2H3. The lowest BCUT2D eigenvalue weighted by atomic mass is 10.1. The van der Waals surface area contributed by atoms with E-state index in [0.29, 0.717) is 52.3 Å². The van der Waals surface area contributed by atoms with Crippen LogP contribution in [0.5, 0.6) is 0 Å².